The summed E-state index contributed by atoms with van der Waals surface area (Å²) in [5.74, 6) is 0.741. The summed E-state index contributed by atoms with van der Waals surface area (Å²) >= 11 is 0. The number of rotatable bonds is 5. The van der Waals surface area contributed by atoms with E-state index in [2.05, 4.69) is 66.8 Å². The Kier molecular flexibility index (Phi) is 5.10. The van der Waals surface area contributed by atoms with Crippen LogP contribution in [0.3, 0.4) is 0 Å². The van der Waals surface area contributed by atoms with Crippen molar-refractivity contribution in [2.45, 2.75) is 31.7 Å². The molecule has 3 nitrogen and oxygen atoms in total. The number of aromatic hydroxyl groups is 1. The average molecular weight is 373 g/mol. The average Bonchev–Trinajstić information content (AvgIpc) is 2.73. The Bertz CT molecular complexity index is 968. The minimum absolute atomic E-state index is 0.197. The summed E-state index contributed by atoms with van der Waals surface area (Å²) < 4.78 is 5.37. The number of phenolic OH excluding ortho intramolecular Hbond substituents is 1. The summed E-state index contributed by atoms with van der Waals surface area (Å²) in [6.45, 7) is 3.06. The molecule has 2 N–H and O–H groups in total. The third kappa shape index (κ3) is 3.27. The number of ether oxygens (including phenoxy) is 1. The third-order valence-corrected chi connectivity index (χ3v) is 5.92. The van der Waals surface area contributed by atoms with Gasteiger partial charge in [-0.3, -0.25) is 0 Å². The van der Waals surface area contributed by atoms with E-state index >= 15 is 0 Å². The first kappa shape index (κ1) is 18.6. The van der Waals surface area contributed by atoms with Gasteiger partial charge in [-0.05, 0) is 66.1 Å². The number of benzene rings is 3. The Morgan fingerprint density at radius 1 is 1.00 bits per heavy atom. The molecular weight excluding hydrogens is 346 g/mol. The third-order valence-electron chi connectivity index (χ3n) is 5.92. The molecule has 0 bridgehead atoms. The lowest BCUT2D eigenvalue weighted by molar-refractivity contribution is 0.341. The van der Waals surface area contributed by atoms with Crippen LogP contribution in [0.25, 0.3) is 0 Å². The lowest BCUT2D eigenvalue weighted by Gasteiger charge is -2.42. The standard InChI is InChI=1S/C25H27NO2/c1-18-8-6-7-11-21(18)25(14-12-19-9-4-3-5-10-19)22-17-23(27)24(28-2)16-20(22)13-15-26-25/h3-11,16-17,26-27H,12-15H2,1-2H3. The molecule has 28 heavy (non-hydrogen) atoms. The fourth-order valence-electron chi connectivity index (χ4n) is 4.51. The topological polar surface area (TPSA) is 41.5 Å². The van der Waals surface area contributed by atoms with Crippen LogP contribution in [-0.4, -0.2) is 18.8 Å². The minimum Gasteiger partial charge on any atom is -0.504 e. The lowest BCUT2D eigenvalue weighted by atomic mass is 9.72. The van der Waals surface area contributed by atoms with E-state index in [1.165, 1.54) is 22.3 Å². The van der Waals surface area contributed by atoms with Gasteiger partial charge in [0.2, 0.25) is 0 Å². The zero-order valence-electron chi connectivity index (χ0n) is 16.5. The van der Waals surface area contributed by atoms with E-state index in [0.29, 0.717) is 5.75 Å². The maximum atomic E-state index is 10.5. The predicted octanol–water partition coefficient (Wildman–Crippen LogP) is 4.73. The molecule has 0 fully saturated rings. The number of methoxy groups -OCH3 is 1. The quantitative estimate of drug-likeness (QED) is 0.679. The van der Waals surface area contributed by atoms with Crippen molar-refractivity contribution in [3.63, 3.8) is 0 Å². The van der Waals surface area contributed by atoms with E-state index in [9.17, 15) is 5.11 Å². The molecule has 144 valence electrons. The van der Waals surface area contributed by atoms with Crippen molar-refractivity contribution in [2.24, 2.45) is 0 Å². The van der Waals surface area contributed by atoms with Gasteiger partial charge >= 0.3 is 0 Å². The molecule has 3 aromatic carbocycles. The molecule has 1 aliphatic rings. The highest BCUT2D eigenvalue weighted by molar-refractivity contribution is 5.55. The molecule has 0 aliphatic carbocycles. The second kappa shape index (κ2) is 7.69. The highest BCUT2D eigenvalue weighted by Crippen LogP contribution is 2.43. The number of phenols is 1. The van der Waals surface area contributed by atoms with Crippen LogP contribution in [0.4, 0.5) is 0 Å². The summed E-state index contributed by atoms with van der Waals surface area (Å²) in [7, 11) is 1.60. The first-order valence-electron chi connectivity index (χ1n) is 9.89. The van der Waals surface area contributed by atoms with Crippen LogP contribution in [-0.2, 0) is 18.4 Å². The van der Waals surface area contributed by atoms with Gasteiger partial charge in [0.1, 0.15) is 0 Å². The van der Waals surface area contributed by atoms with E-state index in [4.69, 9.17) is 4.74 Å². The second-order valence-corrected chi connectivity index (χ2v) is 7.56. The largest absolute Gasteiger partial charge is 0.504 e. The molecule has 1 unspecified atom stereocenters. The zero-order valence-corrected chi connectivity index (χ0v) is 16.5. The molecule has 3 aromatic rings. The number of aryl methyl sites for hydroxylation is 2. The van der Waals surface area contributed by atoms with Crippen molar-refractivity contribution in [2.75, 3.05) is 13.7 Å². The first-order chi connectivity index (χ1) is 13.6. The smallest absolute Gasteiger partial charge is 0.160 e. The van der Waals surface area contributed by atoms with Crippen LogP contribution >= 0.6 is 0 Å². The molecule has 0 spiro atoms. The highest BCUT2D eigenvalue weighted by atomic mass is 16.5. The van der Waals surface area contributed by atoms with E-state index in [0.717, 1.165) is 31.4 Å². The van der Waals surface area contributed by atoms with E-state index in [1.807, 2.05) is 12.1 Å². The Morgan fingerprint density at radius 2 is 1.75 bits per heavy atom. The molecule has 4 rings (SSSR count). The van der Waals surface area contributed by atoms with Crippen molar-refractivity contribution in [3.05, 3.63) is 94.5 Å². The van der Waals surface area contributed by atoms with Gasteiger partial charge in [0.15, 0.2) is 11.5 Å². The van der Waals surface area contributed by atoms with Gasteiger partial charge < -0.3 is 15.2 Å². The summed E-state index contributed by atoms with van der Waals surface area (Å²) in [5.41, 5.74) is 5.91. The molecule has 3 heteroatoms. The van der Waals surface area contributed by atoms with Crippen molar-refractivity contribution < 1.29 is 9.84 Å². The molecule has 0 saturated heterocycles. The van der Waals surface area contributed by atoms with Crippen LogP contribution in [0.1, 0.15) is 34.2 Å². The van der Waals surface area contributed by atoms with Crippen LogP contribution in [0.15, 0.2) is 66.7 Å². The summed E-state index contributed by atoms with van der Waals surface area (Å²) in [5, 5.41) is 14.4. The molecular formula is C25H27NO2. The van der Waals surface area contributed by atoms with Crippen molar-refractivity contribution >= 4 is 0 Å². The summed E-state index contributed by atoms with van der Waals surface area (Å²) in [6.07, 6.45) is 2.79. The van der Waals surface area contributed by atoms with Gasteiger partial charge in [0.05, 0.1) is 12.6 Å². The second-order valence-electron chi connectivity index (χ2n) is 7.56. The molecule has 0 radical (unpaired) electrons. The predicted molar refractivity (Wildman–Crippen MR) is 113 cm³/mol. The summed E-state index contributed by atoms with van der Waals surface area (Å²) in [6, 6.07) is 23.1. The molecule has 1 aliphatic heterocycles. The minimum atomic E-state index is -0.335. The van der Waals surface area contributed by atoms with Gasteiger partial charge in [-0.1, -0.05) is 54.6 Å². The first-order valence-corrected chi connectivity index (χ1v) is 9.89. The van der Waals surface area contributed by atoms with Gasteiger partial charge in [-0.15, -0.1) is 0 Å². The van der Waals surface area contributed by atoms with Crippen LogP contribution in [0.2, 0.25) is 0 Å². The lowest BCUT2D eigenvalue weighted by Crippen LogP contribution is -2.49. The van der Waals surface area contributed by atoms with Gasteiger partial charge in [-0.25, -0.2) is 0 Å². The van der Waals surface area contributed by atoms with E-state index < -0.39 is 0 Å². The normalized spacial score (nSPS) is 18.5. The SMILES string of the molecule is COc1cc2c(cc1O)C(CCc1ccccc1)(c1ccccc1C)NCC2. The summed E-state index contributed by atoms with van der Waals surface area (Å²) in [4.78, 5) is 0. The van der Waals surface area contributed by atoms with Crippen LogP contribution in [0, 0.1) is 6.92 Å². The molecule has 1 atom stereocenters. The molecule has 0 aromatic heterocycles. The Hall–Kier alpha value is -2.78. The van der Waals surface area contributed by atoms with Crippen molar-refractivity contribution in [3.8, 4) is 11.5 Å². The Morgan fingerprint density at radius 3 is 2.50 bits per heavy atom. The Labute approximate surface area is 167 Å². The number of hydrogen-bond donors (Lipinski definition) is 2. The number of fused-ring (bicyclic) bond motifs is 1. The zero-order chi connectivity index (χ0) is 19.6. The fraction of sp³-hybridized carbons (Fsp3) is 0.280. The van der Waals surface area contributed by atoms with Gasteiger partial charge in [0.25, 0.3) is 0 Å². The maximum Gasteiger partial charge on any atom is 0.160 e. The Balaban J connectivity index is 1.86. The van der Waals surface area contributed by atoms with Gasteiger partial charge in [0, 0.05) is 6.54 Å². The van der Waals surface area contributed by atoms with E-state index in [1.54, 1.807) is 7.11 Å². The van der Waals surface area contributed by atoms with Crippen molar-refractivity contribution in [1.29, 1.82) is 0 Å². The van der Waals surface area contributed by atoms with Gasteiger partial charge in [-0.2, -0.15) is 0 Å². The number of nitrogens with one attached hydrogen (secondary N) is 1. The molecule has 1 heterocycles. The number of hydrogen-bond acceptors (Lipinski definition) is 3. The highest BCUT2D eigenvalue weighted by Gasteiger charge is 2.39. The maximum absolute atomic E-state index is 10.5. The van der Waals surface area contributed by atoms with E-state index in [-0.39, 0.29) is 11.3 Å². The molecule has 0 amide bonds. The molecule has 0 saturated carbocycles. The fourth-order valence-corrected chi connectivity index (χ4v) is 4.51. The monoisotopic (exact) mass is 373 g/mol. The van der Waals surface area contributed by atoms with Crippen molar-refractivity contribution in [1.82, 2.24) is 5.32 Å². The van der Waals surface area contributed by atoms with Crippen LogP contribution < -0.4 is 10.1 Å². The van der Waals surface area contributed by atoms with Crippen LogP contribution in [0.5, 0.6) is 11.5 Å².